The molecule has 0 unspecified atom stereocenters. The maximum atomic E-state index is 12.4. The Balaban J connectivity index is 1.68. The highest BCUT2D eigenvalue weighted by molar-refractivity contribution is 8.16. The Hall–Kier alpha value is -2.40. The minimum absolute atomic E-state index is 0.0400. The molecule has 134 valence electrons. The van der Waals surface area contributed by atoms with Gasteiger partial charge in [-0.3, -0.25) is 9.79 Å². The number of aryl methyl sites for hydroxylation is 2. The Morgan fingerprint density at radius 1 is 1.08 bits per heavy atom. The number of thioether (sulfide) groups is 1. The normalized spacial score (nSPS) is 15.4. The van der Waals surface area contributed by atoms with E-state index in [0.29, 0.717) is 5.75 Å². The van der Waals surface area contributed by atoms with Gasteiger partial charge < -0.3 is 5.32 Å². The molecule has 0 saturated heterocycles. The molecule has 2 aromatic carbocycles. The van der Waals surface area contributed by atoms with Crippen molar-refractivity contribution in [2.24, 2.45) is 9.98 Å². The van der Waals surface area contributed by atoms with E-state index in [0.717, 1.165) is 27.6 Å². The molecule has 0 aromatic heterocycles. The maximum Gasteiger partial charge on any atom is 0.234 e. The van der Waals surface area contributed by atoms with Crippen LogP contribution in [-0.2, 0) is 4.79 Å². The molecule has 0 saturated carbocycles. The summed E-state index contributed by atoms with van der Waals surface area (Å²) in [5, 5.41) is 3.80. The summed E-state index contributed by atoms with van der Waals surface area (Å²) in [5.74, 6) is 0.260. The number of rotatable bonds is 4. The fourth-order valence-corrected chi connectivity index (χ4v) is 3.73. The lowest BCUT2D eigenvalue weighted by Gasteiger charge is -2.09. The van der Waals surface area contributed by atoms with Crippen LogP contribution in [0, 0.1) is 13.8 Å². The summed E-state index contributed by atoms with van der Waals surface area (Å²) in [7, 11) is 0. The molecule has 0 bridgehead atoms. The second-order valence-electron chi connectivity index (χ2n) is 6.89. The van der Waals surface area contributed by atoms with Crippen molar-refractivity contribution in [2.75, 3.05) is 11.1 Å². The smallest absolute Gasteiger partial charge is 0.234 e. The molecule has 1 N–H and O–H groups in total. The number of carbonyl (C=O) groups is 1. The van der Waals surface area contributed by atoms with Crippen molar-refractivity contribution >= 4 is 34.1 Å². The molecular formula is C21H23N3OS. The first-order chi connectivity index (χ1) is 12.3. The van der Waals surface area contributed by atoms with E-state index >= 15 is 0 Å². The summed E-state index contributed by atoms with van der Waals surface area (Å²) in [6.07, 6.45) is 0. The average Bonchev–Trinajstić information content (AvgIpc) is 2.91. The fraction of sp³-hybridized carbons (Fsp3) is 0.286. The molecule has 2 aromatic rings. The first-order valence-electron chi connectivity index (χ1n) is 8.59. The highest BCUT2D eigenvalue weighted by atomic mass is 32.2. The van der Waals surface area contributed by atoms with E-state index in [2.05, 4.69) is 16.4 Å². The fourth-order valence-electron chi connectivity index (χ4n) is 2.81. The van der Waals surface area contributed by atoms with Gasteiger partial charge in [0.05, 0.1) is 11.5 Å². The molecular weight excluding hydrogens is 342 g/mol. The number of nitrogens with one attached hydrogen (secondary N) is 1. The Bertz CT molecular complexity index is 885. The summed E-state index contributed by atoms with van der Waals surface area (Å²) in [6, 6.07) is 16.0. The number of nitrogens with zero attached hydrogens (tertiary/aromatic N) is 2. The van der Waals surface area contributed by atoms with Gasteiger partial charge in [0.1, 0.15) is 10.7 Å². The summed E-state index contributed by atoms with van der Waals surface area (Å²) >= 11 is 1.43. The molecule has 1 heterocycles. The molecule has 0 aliphatic carbocycles. The van der Waals surface area contributed by atoms with Crippen LogP contribution in [0.1, 0.15) is 30.5 Å². The molecule has 4 nitrogen and oxygen atoms in total. The molecule has 1 aliphatic heterocycles. The summed E-state index contributed by atoms with van der Waals surface area (Å²) in [5.41, 5.74) is 4.50. The molecule has 26 heavy (non-hydrogen) atoms. The number of hydrogen-bond acceptors (Lipinski definition) is 4. The number of anilines is 1. The third kappa shape index (κ3) is 4.41. The Labute approximate surface area is 158 Å². The zero-order chi connectivity index (χ0) is 18.7. The van der Waals surface area contributed by atoms with Gasteiger partial charge in [0.25, 0.3) is 0 Å². The van der Waals surface area contributed by atoms with Gasteiger partial charge in [-0.25, -0.2) is 4.99 Å². The van der Waals surface area contributed by atoms with Gasteiger partial charge in [-0.1, -0.05) is 59.8 Å². The maximum absolute atomic E-state index is 12.4. The van der Waals surface area contributed by atoms with Gasteiger partial charge in [-0.05, 0) is 39.3 Å². The Kier molecular flexibility index (Phi) is 5.28. The number of amides is 1. The minimum Gasteiger partial charge on any atom is -0.325 e. The van der Waals surface area contributed by atoms with Crippen LogP contribution in [0.3, 0.4) is 0 Å². The van der Waals surface area contributed by atoms with Crippen LogP contribution in [0.5, 0.6) is 0 Å². The van der Waals surface area contributed by atoms with Gasteiger partial charge >= 0.3 is 0 Å². The largest absolute Gasteiger partial charge is 0.325 e. The third-order valence-corrected chi connectivity index (χ3v) is 4.97. The minimum atomic E-state index is -0.489. The van der Waals surface area contributed by atoms with Crippen LogP contribution < -0.4 is 5.32 Å². The number of aliphatic imine (C=N–C) groups is 2. The molecule has 1 aliphatic rings. The topological polar surface area (TPSA) is 53.8 Å². The van der Waals surface area contributed by atoms with Gasteiger partial charge in [0, 0.05) is 11.3 Å². The van der Waals surface area contributed by atoms with E-state index in [1.807, 2.05) is 70.2 Å². The van der Waals surface area contributed by atoms with E-state index in [-0.39, 0.29) is 5.91 Å². The lowest BCUT2D eigenvalue weighted by molar-refractivity contribution is -0.113. The van der Waals surface area contributed by atoms with E-state index in [4.69, 9.17) is 4.99 Å². The Morgan fingerprint density at radius 2 is 1.81 bits per heavy atom. The highest BCUT2D eigenvalue weighted by Gasteiger charge is 2.28. The van der Waals surface area contributed by atoms with Crippen LogP contribution in [-0.4, -0.2) is 28.1 Å². The molecule has 0 atom stereocenters. The van der Waals surface area contributed by atoms with Gasteiger partial charge in [-0.2, -0.15) is 0 Å². The van der Waals surface area contributed by atoms with Gasteiger partial charge in [-0.15, -0.1) is 0 Å². The monoisotopic (exact) mass is 365 g/mol. The van der Waals surface area contributed by atoms with Crippen molar-refractivity contribution in [3.63, 3.8) is 0 Å². The number of benzene rings is 2. The molecule has 0 radical (unpaired) electrons. The molecule has 1 amide bonds. The first-order valence-corrected chi connectivity index (χ1v) is 9.58. The molecule has 3 rings (SSSR count). The van der Waals surface area contributed by atoms with Crippen LogP contribution >= 0.6 is 11.8 Å². The lowest BCUT2D eigenvalue weighted by atomic mass is 10.1. The van der Waals surface area contributed by atoms with E-state index in [1.54, 1.807) is 0 Å². The van der Waals surface area contributed by atoms with E-state index in [1.165, 1.54) is 17.3 Å². The van der Waals surface area contributed by atoms with Crippen molar-refractivity contribution < 1.29 is 4.79 Å². The van der Waals surface area contributed by atoms with Crippen LogP contribution in [0.2, 0.25) is 0 Å². The third-order valence-electron chi connectivity index (χ3n) is 4.01. The molecule has 5 heteroatoms. The van der Waals surface area contributed by atoms with Crippen molar-refractivity contribution in [2.45, 2.75) is 33.4 Å². The average molecular weight is 366 g/mol. The van der Waals surface area contributed by atoms with E-state index in [9.17, 15) is 4.79 Å². The summed E-state index contributed by atoms with van der Waals surface area (Å²) in [4.78, 5) is 21.8. The second kappa shape index (κ2) is 7.46. The first kappa shape index (κ1) is 18.4. The van der Waals surface area contributed by atoms with Crippen LogP contribution in [0.4, 0.5) is 5.69 Å². The zero-order valence-electron chi connectivity index (χ0n) is 15.5. The Morgan fingerprint density at radius 3 is 2.50 bits per heavy atom. The van der Waals surface area contributed by atoms with Crippen molar-refractivity contribution in [1.29, 1.82) is 0 Å². The van der Waals surface area contributed by atoms with Crippen LogP contribution in [0.25, 0.3) is 0 Å². The zero-order valence-corrected chi connectivity index (χ0v) is 16.4. The SMILES string of the molecule is Cc1ccc(NC(=O)CSC2=NC(C)(C)N=C2c2ccccc2)c(C)c1. The lowest BCUT2D eigenvalue weighted by Crippen LogP contribution is -2.18. The van der Waals surface area contributed by atoms with Crippen LogP contribution in [0.15, 0.2) is 58.5 Å². The number of hydrogen-bond donors (Lipinski definition) is 1. The quantitative estimate of drug-likeness (QED) is 0.860. The predicted octanol–water partition coefficient (Wildman–Crippen LogP) is 4.61. The second-order valence-corrected chi connectivity index (χ2v) is 7.86. The number of carbonyl (C=O) groups excluding carboxylic acids is 1. The predicted molar refractivity (Wildman–Crippen MR) is 111 cm³/mol. The van der Waals surface area contributed by atoms with Gasteiger partial charge in [0.2, 0.25) is 5.91 Å². The molecule has 0 fully saturated rings. The van der Waals surface area contributed by atoms with Crippen molar-refractivity contribution in [1.82, 2.24) is 0 Å². The van der Waals surface area contributed by atoms with Gasteiger partial charge in [0.15, 0.2) is 0 Å². The standard InChI is InChI=1S/C21H23N3OS/c1-14-10-11-17(15(2)12-14)22-18(25)13-26-20-19(23-21(3,4)24-20)16-8-6-5-7-9-16/h5-12H,13H2,1-4H3,(H,22,25). The highest BCUT2D eigenvalue weighted by Crippen LogP contribution is 2.27. The van der Waals surface area contributed by atoms with Crippen molar-refractivity contribution in [3.8, 4) is 0 Å². The molecule has 0 spiro atoms. The van der Waals surface area contributed by atoms with Crippen molar-refractivity contribution in [3.05, 3.63) is 65.2 Å². The summed E-state index contributed by atoms with van der Waals surface area (Å²) < 4.78 is 0. The summed E-state index contributed by atoms with van der Waals surface area (Å²) in [6.45, 7) is 7.98. The van der Waals surface area contributed by atoms with E-state index < -0.39 is 5.66 Å².